The van der Waals surface area contributed by atoms with E-state index in [9.17, 15) is 18.6 Å². The third-order valence-electron chi connectivity index (χ3n) is 9.80. The van der Waals surface area contributed by atoms with Crippen molar-refractivity contribution < 1.29 is 18.6 Å². The maximum Gasteiger partial charge on any atom is 0.212 e. The van der Waals surface area contributed by atoms with E-state index in [1.807, 2.05) is 91.0 Å². The number of nitrogens with one attached hydrogen (secondary N) is 1. The van der Waals surface area contributed by atoms with Gasteiger partial charge in [0.15, 0.2) is 0 Å². The van der Waals surface area contributed by atoms with Gasteiger partial charge in [-0.25, -0.2) is 13.1 Å². The van der Waals surface area contributed by atoms with Crippen molar-refractivity contribution in [2.24, 2.45) is 16.7 Å². The molecule has 3 N–H and O–H groups in total. The van der Waals surface area contributed by atoms with Crippen LogP contribution in [0.3, 0.4) is 0 Å². The molecule has 6 heteroatoms. The molecule has 0 radical (unpaired) electrons. The van der Waals surface area contributed by atoms with Gasteiger partial charge in [-0.1, -0.05) is 105 Å². The van der Waals surface area contributed by atoms with E-state index in [-0.39, 0.29) is 11.2 Å². The molecule has 3 aromatic rings. The monoisotopic (exact) mass is 547 g/mol. The molecule has 4 atom stereocenters. The first-order valence-electron chi connectivity index (χ1n) is 14.1. The fourth-order valence-corrected chi connectivity index (χ4v) is 9.58. The summed E-state index contributed by atoms with van der Waals surface area (Å²) < 4.78 is 31.0. The Hall–Kier alpha value is -2.51. The summed E-state index contributed by atoms with van der Waals surface area (Å²) >= 11 is 0. The van der Waals surface area contributed by atoms with Crippen molar-refractivity contribution in [3.05, 3.63) is 108 Å². The second kappa shape index (κ2) is 10.8. The van der Waals surface area contributed by atoms with Crippen molar-refractivity contribution in [3.63, 3.8) is 0 Å². The molecule has 2 aliphatic rings. The fourth-order valence-electron chi connectivity index (χ4n) is 7.38. The highest BCUT2D eigenvalue weighted by atomic mass is 32.2. The van der Waals surface area contributed by atoms with E-state index in [0.29, 0.717) is 38.0 Å². The molecule has 0 aromatic heterocycles. The lowest BCUT2D eigenvalue weighted by Gasteiger charge is -2.42. The average Bonchev–Trinajstić information content (AvgIpc) is 3.24. The molecule has 0 aliphatic heterocycles. The molecule has 5 rings (SSSR count). The Balaban J connectivity index is 1.51. The van der Waals surface area contributed by atoms with E-state index in [1.165, 1.54) is 0 Å². The standard InChI is InChI=1S/C33H41NO4S/c1-31(2)28-18-19-32(31,30(35)21-28)24-39(37,38)34-29(20-25-12-6-3-7-13-25)33(36,22-26-14-8-4-9-15-26)23-27-16-10-5-11-17-27/h3-17,28-30,34-36H,18-24H2,1-2H3/t28-,29+,30-,32-/m1/s1. The minimum Gasteiger partial charge on any atom is -0.392 e. The van der Waals surface area contributed by atoms with Gasteiger partial charge in [0, 0.05) is 18.3 Å². The number of sulfonamides is 1. The smallest absolute Gasteiger partial charge is 0.212 e. The molecule has 208 valence electrons. The van der Waals surface area contributed by atoms with Crippen molar-refractivity contribution in [3.8, 4) is 0 Å². The molecule has 0 saturated heterocycles. The van der Waals surface area contributed by atoms with Crippen molar-refractivity contribution in [1.29, 1.82) is 0 Å². The first-order valence-corrected chi connectivity index (χ1v) is 15.7. The van der Waals surface area contributed by atoms with Gasteiger partial charge in [-0.15, -0.1) is 0 Å². The van der Waals surface area contributed by atoms with Crippen molar-refractivity contribution in [2.45, 2.75) is 70.1 Å². The van der Waals surface area contributed by atoms with E-state index in [4.69, 9.17) is 0 Å². The minimum absolute atomic E-state index is 0.136. The third kappa shape index (κ3) is 5.71. The molecule has 2 bridgehead atoms. The minimum atomic E-state index is -3.87. The van der Waals surface area contributed by atoms with Crippen LogP contribution in [0.1, 0.15) is 49.8 Å². The molecule has 2 aliphatic carbocycles. The summed E-state index contributed by atoms with van der Waals surface area (Å²) in [6.45, 7) is 4.22. The van der Waals surface area contributed by atoms with Gasteiger partial charge in [0.2, 0.25) is 10.0 Å². The Morgan fingerprint density at radius 2 is 1.36 bits per heavy atom. The maximum atomic E-state index is 14.0. The molecule has 2 fully saturated rings. The molecule has 2 saturated carbocycles. The van der Waals surface area contributed by atoms with Crippen LogP contribution in [0.4, 0.5) is 0 Å². The van der Waals surface area contributed by atoms with Crippen molar-refractivity contribution in [2.75, 3.05) is 5.75 Å². The largest absolute Gasteiger partial charge is 0.392 e. The predicted octanol–water partition coefficient (Wildman–Crippen LogP) is 4.92. The zero-order valence-electron chi connectivity index (χ0n) is 23.0. The highest BCUT2D eigenvalue weighted by Gasteiger charge is 2.65. The van der Waals surface area contributed by atoms with Crippen LogP contribution in [-0.2, 0) is 29.3 Å². The summed E-state index contributed by atoms with van der Waals surface area (Å²) in [5.41, 5.74) is 0.490. The predicted molar refractivity (Wildman–Crippen MR) is 156 cm³/mol. The Morgan fingerprint density at radius 3 is 1.79 bits per heavy atom. The maximum absolute atomic E-state index is 14.0. The lowest BCUT2D eigenvalue weighted by Crippen LogP contribution is -2.58. The van der Waals surface area contributed by atoms with E-state index >= 15 is 0 Å². The van der Waals surface area contributed by atoms with Crippen LogP contribution >= 0.6 is 0 Å². The van der Waals surface area contributed by atoms with Gasteiger partial charge in [0.1, 0.15) is 0 Å². The number of rotatable bonds is 11. The summed E-state index contributed by atoms with van der Waals surface area (Å²) in [7, 11) is -3.87. The molecule has 0 amide bonds. The van der Waals surface area contributed by atoms with Gasteiger partial charge < -0.3 is 10.2 Å². The number of aliphatic hydroxyl groups is 2. The number of benzene rings is 3. The Bertz CT molecular complexity index is 1300. The van der Waals surface area contributed by atoms with Crippen LogP contribution in [0, 0.1) is 16.7 Å². The van der Waals surface area contributed by atoms with Gasteiger partial charge in [0.05, 0.1) is 23.5 Å². The van der Waals surface area contributed by atoms with E-state index in [2.05, 4.69) is 18.6 Å². The van der Waals surface area contributed by atoms with Crippen molar-refractivity contribution >= 4 is 10.0 Å². The number of hydrogen-bond acceptors (Lipinski definition) is 4. The average molecular weight is 548 g/mol. The lowest BCUT2D eigenvalue weighted by molar-refractivity contribution is 0.00652. The van der Waals surface area contributed by atoms with Crippen LogP contribution in [0.2, 0.25) is 0 Å². The van der Waals surface area contributed by atoms with Crippen LogP contribution < -0.4 is 4.72 Å². The molecule has 39 heavy (non-hydrogen) atoms. The molecule has 5 nitrogen and oxygen atoms in total. The quantitative estimate of drug-likeness (QED) is 0.318. The topological polar surface area (TPSA) is 86.6 Å². The molecule has 0 unspecified atom stereocenters. The zero-order chi connectivity index (χ0) is 27.7. The number of aliphatic hydroxyl groups excluding tert-OH is 1. The van der Waals surface area contributed by atoms with Crippen LogP contribution in [0.5, 0.6) is 0 Å². The van der Waals surface area contributed by atoms with E-state index in [0.717, 1.165) is 23.1 Å². The molecule has 3 aromatic carbocycles. The second-order valence-corrected chi connectivity index (χ2v) is 14.2. The highest BCUT2D eigenvalue weighted by molar-refractivity contribution is 7.89. The Morgan fingerprint density at radius 1 is 0.872 bits per heavy atom. The first kappa shape index (κ1) is 28.0. The van der Waals surface area contributed by atoms with Crippen LogP contribution in [-0.4, -0.2) is 42.1 Å². The Kier molecular flexibility index (Phi) is 7.77. The summed E-state index contributed by atoms with van der Waals surface area (Å²) in [6, 6.07) is 28.5. The van der Waals surface area contributed by atoms with Gasteiger partial charge in [0.25, 0.3) is 0 Å². The van der Waals surface area contributed by atoms with Gasteiger partial charge in [-0.05, 0) is 53.7 Å². The fraction of sp³-hybridized carbons (Fsp3) is 0.455. The molecular formula is C33H41NO4S. The third-order valence-corrected chi connectivity index (χ3v) is 11.3. The van der Waals surface area contributed by atoms with Gasteiger partial charge in [-0.2, -0.15) is 0 Å². The highest BCUT2D eigenvalue weighted by Crippen LogP contribution is 2.66. The van der Waals surface area contributed by atoms with Crippen molar-refractivity contribution in [1.82, 2.24) is 4.72 Å². The molecule has 0 spiro atoms. The molecule has 0 heterocycles. The summed E-state index contributed by atoms with van der Waals surface area (Å²) in [5, 5.41) is 23.5. The second-order valence-electron chi connectivity index (χ2n) is 12.4. The summed E-state index contributed by atoms with van der Waals surface area (Å²) in [5.74, 6) is 0.193. The zero-order valence-corrected chi connectivity index (χ0v) is 23.8. The first-order chi connectivity index (χ1) is 18.5. The van der Waals surface area contributed by atoms with Gasteiger partial charge >= 0.3 is 0 Å². The SMILES string of the molecule is CC1(C)[C@@H]2CC[C@@]1(CS(=O)(=O)N[C@@H](Cc1ccccc1)C(O)(Cc1ccccc1)Cc1ccccc1)[C@H](O)C2. The lowest BCUT2D eigenvalue weighted by atomic mass is 9.70. The molecular weight excluding hydrogens is 506 g/mol. The normalized spacial score (nSPS) is 25.0. The number of hydrogen-bond donors (Lipinski definition) is 3. The summed E-state index contributed by atoms with van der Waals surface area (Å²) in [6.07, 6.45) is 2.60. The van der Waals surface area contributed by atoms with E-state index < -0.39 is 33.2 Å². The summed E-state index contributed by atoms with van der Waals surface area (Å²) in [4.78, 5) is 0. The van der Waals surface area contributed by atoms with E-state index in [1.54, 1.807) is 0 Å². The van der Waals surface area contributed by atoms with Crippen LogP contribution in [0.25, 0.3) is 0 Å². The number of fused-ring (bicyclic) bond motifs is 2. The van der Waals surface area contributed by atoms with Crippen LogP contribution in [0.15, 0.2) is 91.0 Å². The van der Waals surface area contributed by atoms with Gasteiger partial charge in [-0.3, -0.25) is 0 Å². The Labute approximate surface area is 233 Å².